The number of carbonyl (C=O) groups is 1. The van der Waals surface area contributed by atoms with E-state index in [1.165, 1.54) is 0 Å². The molecule has 6 nitrogen and oxygen atoms in total. The maximum absolute atomic E-state index is 12.3. The van der Waals surface area contributed by atoms with Gasteiger partial charge in [0.15, 0.2) is 0 Å². The monoisotopic (exact) mass is 305 g/mol. The number of piperazine rings is 1. The van der Waals surface area contributed by atoms with E-state index in [1.54, 1.807) is 6.07 Å². The van der Waals surface area contributed by atoms with E-state index in [0.29, 0.717) is 11.5 Å². The van der Waals surface area contributed by atoms with Gasteiger partial charge in [0.05, 0.1) is 0 Å². The Balaban J connectivity index is 2.15. The molecule has 2 rings (SSSR count). The van der Waals surface area contributed by atoms with Crippen LogP contribution in [-0.2, 0) is 0 Å². The first-order valence-corrected chi connectivity index (χ1v) is 7.94. The van der Waals surface area contributed by atoms with Crippen molar-refractivity contribution in [2.45, 2.75) is 40.2 Å². The maximum atomic E-state index is 12.3. The van der Waals surface area contributed by atoms with Crippen molar-refractivity contribution in [2.75, 3.05) is 37.6 Å². The number of nitrogens with zero attached hydrogens (tertiary/aromatic N) is 4. The number of hydrogen-bond acceptors (Lipinski definition) is 5. The molecule has 1 fully saturated rings. The fraction of sp³-hybridized carbons (Fsp3) is 0.688. The summed E-state index contributed by atoms with van der Waals surface area (Å²) in [5.74, 6) is 1.34. The lowest BCUT2D eigenvalue weighted by molar-refractivity contribution is 0.0914. The zero-order chi connectivity index (χ0) is 16.3. The van der Waals surface area contributed by atoms with Crippen molar-refractivity contribution in [3.63, 3.8) is 0 Å². The largest absolute Gasteiger partial charge is 0.354 e. The highest BCUT2D eigenvalue weighted by Gasteiger charge is 2.21. The minimum atomic E-state index is -0.275. The highest BCUT2D eigenvalue weighted by Crippen LogP contribution is 2.16. The highest BCUT2D eigenvalue weighted by atomic mass is 16.2. The van der Waals surface area contributed by atoms with Crippen molar-refractivity contribution in [2.24, 2.45) is 0 Å². The van der Waals surface area contributed by atoms with Crippen LogP contribution in [-0.4, -0.2) is 59.0 Å². The summed E-state index contributed by atoms with van der Waals surface area (Å²) in [4.78, 5) is 25.8. The number of hydrogen-bond donors (Lipinski definition) is 1. The third-order valence-electron chi connectivity index (χ3n) is 3.69. The zero-order valence-corrected chi connectivity index (χ0v) is 14.3. The predicted molar refractivity (Wildman–Crippen MR) is 88.3 cm³/mol. The van der Waals surface area contributed by atoms with Gasteiger partial charge in [-0.1, -0.05) is 6.92 Å². The molecule has 1 aromatic heterocycles. The van der Waals surface area contributed by atoms with E-state index < -0.39 is 0 Å². The lowest BCUT2D eigenvalue weighted by atomic mass is 10.1. The summed E-state index contributed by atoms with van der Waals surface area (Å²) in [6.07, 6.45) is 0. The maximum Gasteiger partial charge on any atom is 0.270 e. The van der Waals surface area contributed by atoms with Crippen LogP contribution in [0.5, 0.6) is 0 Å². The van der Waals surface area contributed by atoms with Crippen LogP contribution in [0.15, 0.2) is 6.07 Å². The number of nitrogens with one attached hydrogen (secondary N) is 1. The van der Waals surface area contributed by atoms with Gasteiger partial charge in [0.2, 0.25) is 0 Å². The van der Waals surface area contributed by atoms with E-state index in [0.717, 1.165) is 38.5 Å². The van der Waals surface area contributed by atoms with Gasteiger partial charge < -0.3 is 15.1 Å². The molecule has 0 aliphatic carbocycles. The van der Waals surface area contributed by atoms with Crippen molar-refractivity contribution >= 4 is 11.7 Å². The second-order valence-corrected chi connectivity index (χ2v) is 6.78. The third kappa shape index (κ3) is 4.40. The molecule has 0 bridgehead atoms. The van der Waals surface area contributed by atoms with Crippen molar-refractivity contribution in [3.05, 3.63) is 17.6 Å². The Morgan fingerprint density at radius 2 is 1.86 bits per heavy atom. The predicted octanol–water partition coefficient (Wildman–Crippen LogP) is 1.46. The summed E-state index contributed by atoms with van der Waals surface area (Å²) >= 11 is 0. The molecule has 1 N–H and O–H groups in total. The Morgan fingerprint density at radius 1 is 1.23 bits per heavy atom. The van der Waals surface area contributed by atoms with Gasteiger partial charge in [-0.15, -0.1) is 0 Å². The van der Waals surface area contributed by atoms with Gasteiger partial charge in [0, 0.05) is 37.8 Å². The van der Waals surface area contributed by atoms with Crippen LogP contribution < -0.4 is 10.2 Å². The van der Waals surface area contributed by atoms with Gasteiger partial charge in [-0.3, -0.25) is 4.79 Å². The highest BCUT2D eigenvalue weighted by molar-refractivity contribution is 5.93. The molecule has 1 aliphatic rings. The number of likely N-dealkylation sites (N-methyl/N-ethyl adjacent to an activating group) is 1. The number of anilines is 1. The van der Waals surface area contributed by atoms with Crippen LogP contribution in [0.1, 0.15) is 44.0 Å². The molecule has 1 aromatic rings. The molecule has 122 valence electrons. The minimum Gasteiger partial charge on any atom is -0.354 e. The molecule has 1 saturated heterocycles. The quantitative estimate of drug-likeness (QED) is 0.916. The summed E-state index contributed by atoms with van der Waals surface area (Å²) in [6, 6.07) is 1.80. The second-order valence-electron chi connectivity index (χ2n) is 6.78. The number of amides is 1. The minimum absolute atomic E-state index is 0.147. The van der Waals surface area contributed by atoms with E-state index in [4.69, 9.17) is 0 Å². The smallest absolute Gasteiger partial charge is 0.270 e. The second kappa shape index (κ2) is 6.60. The molecular formula is C16H27N5O. The van der Waals surface area contributed by atoms with Crippen molar-refractivity contribution in [3.8, 4) is 0 Å². The first-order chi connectivity index (χ1) is 10.3. The van der Waals surface area contributed by atoms with Crippen molar-refractivity contribution in [1.82, 2.24) is 20.2 Å². The van der Waals surface area contributed by atoms with Gasteiger partial charge >= 0.3 is 0 Å². The SMILES string of the molecule is CCN1CCN(c2cc(C(=O)NC(C)(C)C)nc(C)n2)CC1. The molecule has 1 amide bonds. The topological polar surface area (TPSA) is 61.4 Å². The average molecular weight is 305 g/mol. The molecule has 0 radical (unpaired) electrons. The van der Waals surface area contributed by atoms with E-state index in [1.807, 2.05) is 27.7 Å². The molecule has 0 unspecified atom stereocenters. The molecule has 0 spiro atoms. The Kier molecular flexibility index (Phi) is 5.01. The van der Waals surface area contributed by atoms with Gasteiger partial charge in [0.1, 0.15) is 17.3 Å². The number of carbonyl (C=O) groups excluding carboxylic acids is 1. The molecule has 22 heavy (non-hydrogen) atoms. The number of aryl methyl sites for hydroxylation is 1. The summed E-state index contributed by atoms with van der Waals surface area (Å²) in [5, 5.41) is 2.95. The first-order valence-electron chi connectivity index (χ1n) is 7.94. The fourth-order valence-corrected chi connectivity index (χ4v) is 2.53. The summed E-state index contributed by atoms with van der Waals surface area (Å²) < 4.78 is 0. The summed E-state index contributed by atoms with van der Waals surface area (Å²) in [7, 11) is 0. The van der Waals surface area contributed by atoms with Gasteiger partial charge in [0.25, 0.3) is 5.91 Å². The van der Waals surface area contributed by atoms with Crippen LogP contribution in [0, 0.1) is 6.92 Å². The van der Waals surface area contributed by atoms with Crippen LogP contribution >= 0.6 is 0 Å². The van der Waals surface area contributed by atoms with Crippen LogP contribution in [0.2, 0.25) is 0 Å². The average Bonchev–Trinajstić information content (AvgIpc) is 2.45. The van der Waals surface area contributed by atoms with E-state index in [-0.39, 0.29) is 11.4 Å². The van der Waals surface area contributed by atoms with E-state index in [2.05, 4.69) is 32.0 Å². The van der Waals surface area contributed by atoms with Crippen LogP contribution in [0.3, 0.4) is 0 Å². The zero-order valence-electron chi connectivity index (χ0n) is 14.3. The first kappa shape index (κ1) is 16.7. The molecule has 2 heterocycles. The lowest BCUT2D eigenvalue weighted by Crippen LogP contribution is -2.46. The van der Waals surface area contributed by atoms with Crippen LogP contribution in [0.4, 0.5) is 5.82 Å². The van der Waals surface area contributed by atoms with Crippen LogP contribution in [0.25, 0.3) is 0 Å². The van der Waals surface area contributed by atoms with Crippen molar-refractivity contribution < 1.29 is 4.79 Å². The van der Waals surface area contributed by atoms with Gasteiger partial charge in [-0.2, -0.15) is 0 Å². The number of aromatic nitrogens is 2. The Morgan fingerprint density at radius 3 is 2.41 bits per heavy atom. The fourth-order valence-electron chi connectivity index (χ4n) is 2.53. The van der Waals surface area contributed by atoms with E-state index in [9.17, 15) is 4.79 Å². The molecule has 6 heteroatoms. The summed E-state index contributed by atoms with van der Waals surface area (Å²) in [6.45, 7) is 14.9. The van der Waals surface area contributed by atoms with Gasteiger partial charge in [-0.25, -0.2) is 9.97 Å². The Hall–Kier alpha value is -1.69. The lowest BCUT2D eigenvalue weighted by Gasteiger charge is -2.34. The third-order valence-corrected chi connectivity index (χ3v) is 3.69. The standard InChI is InChI=1S/C16H27N5O/c1-6-20-7-9-21(10-8-20)14-11-13(17-12(2)18-14)15(22)19-16(3,4)5/h11H,6-10H2,1-5H3,(H,19,22). The molecule has 0 aromatic carbocycles. The molecular weight excluding hydrogens is 278 g/mol. The Labute approximate surface area is 132 Å². The molecule has 1 aliphatic heterocycles. The molecule has 0 atom stereocenters. The van der Waals surface area contributed by atoms with Crippen molar-refractivity contribution in [1.29, 1.82) is 0 Å². The normalized spacial score (nSPS) is 16.7. The molecule has 0 saturated carbocycles. The summed E-state index contributed by atoms with van der Waals surface area (Å²) in [5.41, 5.74) is 0.165. The van der Waals surface area contributed by atoms with E-state index >= 15 is 0 Å². The van der Waals surface area contributed by atoms with Gasteiger partial charge in [-0.05, 0) is 34.2 Å². The number of rotatable bonds is 3. The Bertz CT molecular complexity index is 530.